The summed E-state index contributed by atoms with van der Waals surface area (Å²) in [6.07, 6.45) is -8.62. The van der Waals surface area contributed by atoms with E-state index in [9.17, 15) is 45.6 Å². The third-order valence-corrected chi connectivity index (χ3v) is 7.73. The molecule has 16 heteroatoms. The zero-order valence-electron chi connectivity index (χ0n) is 20.6. The van der Waals surface area contributed by atoms with Crippen LogP contribution in [0.3, 0.4) is 0 Å². The molecule has 0 aromatic carbocycles. The van der Waals surface area contributed by atoms with Gasteiger partial charge >= 0.3 is 0 Å². The number of nitrogens with two attached hydrogens (primary N) is 1. The number of nitrogens with zero attached hydrogens (tertiary/aromatic N) is 2. The van der Waals surface area contributed by atoms with Crippen molar-refractivity contribution < 1.29 is 50.3 Å². The second-order valence-electron chi connectivity index (χ2n) is 10.1. The van der Waals surface area contributed by atoms with Crippen molar-refractivity contribution in [3.05, 3.63) is 34.3 Å². The summed E-state index contributed by atoms with van der Waals surface area (Å²) >= 11 is 0. The van der Waals surface area contributed by atoms with Gasteiger partial charge in [-0.2, -0.15) is 4.98 Å². The molecule has 1 aliphatic carbocycles. The predicted molar refractivity (Wildman–Crippen MR) is 131 cm³/mol. The van der Waals surface area contributed by atoms with Gasteiger partial charge in [0.25, 0.3) is 5.56 Å². The molecule has 2 fully saturated rings. The number of rotatable bonds is 7. The first-order valence-corrected chi connectivity index (χ1v) is 12.5. The number of fused-ring (bicyclic) bond motifs is 1. The Morgan fingerprint density at radius 3 is 2.28 bits per heavy atom. The van der Waals surface area contributed by atoms with Crippen molar-refractivity contribution in [1.82, 2.24) is 19.9 Å². The summed E-state index contributed by atoms with van der Waals surface area (Å²) in [4.78, 5) is 19.5. The molecular weight excluding hydrogens is 522 g/mol. The number of hydrogen-bond acceptors (Lipinski definition) is 14. The van der Waals surface area contributed by atoms with Gasteiger partial charge in [0.15, 0.2) is 11.9 Å². The highest BCUT2D eigenvalue weighted by Crippen LogP contribution is 2.35. The van der Waals surface area contributed by atoms with Crippen molar-refractivity contribution in [3.63, 3.8) is 0 Å². The molecule has 16 nitrogen and oxygen atoms in total. The van der Waals surface area contributed by atoms with Crippen LogP contribution in [0.1, 0.15) is 11.8 Å². The lowest BCUT2D eigenvalue weighted by Crippen LogP contribution is -2.63. The summed E-state index contributed by atoms with van der Waals surface area (Å²) in [6, 6.07) is -0.644. The molecule has 0 spiro atoms. The number of ether oxygens (including phenoxy) is 2. The number of aromatic amines is 1. The molecule has 0 amide bonds. The molecule has 12 atom stereocenters. The molecule has 39 heavy (non-hydrogen) atoms. The van der Waals surface area contributed by atoms with Crippen LogP contribution in [-0.2, 0) is 16.0 Å². The van der Waals surface area contributed by atoms with Crippen molar-refractivity contribution in [2.75, 3.05) is 18.9 Å². The fourth-order valence-corrected chi connectivity index (χ4v) is 5.67. The van der Waals surface area contributed by atoms with Gasteiger partial charge in [0.1, 0.15) is 42.7 Å². The lowest BCUT2D eigenvalue weighted by Gasteiger charge is -2.44. The number of aliphatic hydroxyl groups excluding tert-OH is 8. The number of aromatic nitrogens is 3. The summed E-state index contributed by atoms with van der Waals surface area (Å²) in [5.41, 5.74) is 5.62. The third kappa shape index (κ3) is 4.76. The molecule has 3 aliphatic rings. The molecule has 0 bridgehead atoms. The highest BCUT2D eigenvalue weighted by atomic mass is 16.6. The number of aliphatic hydroxyl groups is 8. The Bertz CT molecular complexity index is 1270. The zero-order valence-corrected chi connectivity index (χ0v) is 20.6. The number of anilines is 1. The van der Waals surface area contributed by atoms with Gasteiger partial charge < -0.3 is 65.9 Å². The fraction of sp³-hybridized carbons (Fsp3) is 0.652. The Kier molecular flexibility index (Phi) is 7.79. The minimum atomic E-state index is -1.61. The summed E-state index contributed by atoms with van der Waals surface area (Å²) in [5.74, 6) is -1.03. The molecule has 12 N–H and O–H groups in total. The van der Waals surface area contributed by atoms with Crippen LogP contribution in [0.5, 0.6) is 0 Å². The van der Waals surface area contributed by atoms with E-state index in [2.05, 4.69) is 15.3 Å². The molecule has 5 rings (SSSR count). The van der Waals surface area contributed by atoms with Gasteiger partial charge in [0.2, 0.25) is 5.95 Å². The van der Waals surface area contributed by atoms with Gasteiger partial charge in [-0.1, -0.05) is 12.2 Å². The molecule has 216 valence electrons. The Morgan fingerprint density at radius 1 is 0.949 bits per heavy atom. The Morgan fingerprint density at radius 2 is 1.62 bits per heavy atom. The van der Waals surface area contributed by atoms with Crippen LogP contribution in [-0.4, -0.2) is 130 Å². The highest BCUT2D eigenvalue weighted by Gasteiger charge is 2.50. The fourth-order valence-electron chi connectivity index (χ4n) is 5.67. The molecule has 2 saturated heterocycles. The van der Waals surface area contributed by atoms with Gasteiger partial charge in [-0.3, -0.25) is 9.78 Å². The Hall–Kier alpha value is -2.48. The van der Waals surface area contributed by atoms with Gasteiger partial charge in [-0.25, -0.2) is 0 Å². The van der Waals surface area contributed by atoms with E-state index in [0.717, 1.165) is 0 Å². The van der Waals surface area contributed by atoms with Crippen LogP contribution in [0.25, 0.3) is 11.0 Å². The summed E-state index contributed by atoms with van der Waals surface area (Å²) in [7, 11) is 0. The average Bonchev–Trinajstić information content (AvgIpc) is 3.55. The maximum absolute atomic E-state index is 12.9. The minimum Gasteiger partial charge on any atom is -0.394 e. The molecule has 4 heterocycles. The van der Waals surface area contributed by atoms with Crippen LogP contribution < -0.4 is 16.6 Å². The second kappa shape index (κ2) is 10.8. The van der Waals surface area contributed by atoms with E-state index in [4.69, 9.17) is 15.2 Å². The van der Waals surface area contributed by atoms with Crippen molar-refractivity contribution in [1.29, 1.82) is 0 Å². The Balaban J connectivity index is 1.43. The van der Waals surface area contributed by atoms with E-state index in [1.807, 2.05) is 0 Å². The van der Waals surface area contributed by atoms with E-state index in [1.54, 1.807) is 6.08 Å². The van der Waals surface area contributed by atoms with Gasteiger partial charge in [-0.05, 0) is 5.56 Å². The van der Waals surface area contributed by atoms with Crippen LogP contribution in [0.2, 0.25) is 0 Å². The van der Waals surface area contributed by atoms with E-state index in [1.165, 1.54) is 16.8 Å². The number of nitrogens with one attached hydrogen (secondary N) is 2. The van der Waals surface area contributed by atoms with E-state index >= 15 is 0 Å². The first-order chi connectivity index (χ1) is 18.6. The van der Waals surface area contributed by atoms with E-state index in [0.29, 0.717) is 5.56 Å². The quantitative estimate of drug-likeness (QED) is 0.143. The van der Waals surface area contributed by atoms with Crippen LogP contribution in [0.15, 0.2) is 23.1 Å². The van der Waals surface area contributed by atoms with Gasteiger partial charge in [-0.15, -0.1) is 0 Å². The third-order valence-electron chi connectivity index (χ3n) is 7.73. The normalized spacial score (nSPS) is 40.6. The number of nitrogen functional groups attached to an aromatic ring is 1. The van der Waals surface area contributed by atoms with E-state index in [-0.39, 0.29) is 23.5 Å². The molecule has 2 aromatic heterocycles. The van der Waals surface area contributed by atoms with Crippen molar-refractivity contribution in [3.8, 4) is 0 Å². The maximum atomic E-state index is 12.9. The minimum absolute atomic E-state index is 0.00260. The molecular formula is C23H33N5O11. The lowest BCUT2D eigenvalue weighted by atomic mass is 9.83. The molecule has 2 aromatic rings. The van der Waals surface area contributed by atoms with Crippen molar-refractivity contribution in [2.45, 2.75) is 73.8 Å². The second-order valence-corrected chi connectivity index (χ2v) is 10.1. The average molecular weight is 556 g/mol. The largest absolute Gasteiger partial charge is 0.394 e. The summed E-state index contributed by atoms with van der Waals surface area (Å²) in [6.45, 7) is -1.16. The smallest absolute Gasteiger partial charge is 0.262 e. The summed E-state index contributed by atoms with van der Waals surface area (Å²) < 4.78 is 12.6. The maximum Gasteiger partial charge on any atom is 0.262 e. The van der Waals surface area contributed by atoms with Crippen LogP contribution in [0, 0.1) is 5.92 Å². The molecule has 0 saturated carbocycles. The zero-order chi connectivity index (χ0) is 28.2. The number of H-pyrrole nitrogens is 1. The standard InChI is InChI=1S/C23H33N5O11/c24-23-26-20-12(21(37)27-23)7(4-28(20)22-18(36)15(33)11(6-30)39-22)3-25-8-1-2-9(31)13(8)19-17(35)16(34)14(32)10(5-29)38-19/h1-2,4,8-11,13-19,22,25,29-36H,3,5-6H2,(H3,24,26,27,37). The Labute approximate surface area is 220 Å². The SMILES string of the molecule is Nc1nc2c(c(CNC3C=CC(O)C3C3OC(CO)C(O)C(O)C3O)cn2C2OC(CO)C(O)C2O)c(=O)[nH]1. The molecule has 2 aliphatic heterocycles. The highest BCUT2D eigenvalue weighted by molar-refractivity contribution is 5.80. The van der Waals surface area contributed by atoms with Gasteiger partial charge in [0, 0.05) is 24.7 Å². The first kappa shape index (κ1) is 28.1. The molecule has 0 radical (unpaired) electrons. The van der Waals surface area contributed by atoms with Crippen LogP contribution >= 0.6 is 0 Å². The first-order valence-electron chi connectivity index (χ1n) is 12.5. The predicted octanol–water partition coefficient (Wildman–Crippen LogP) is -5.23. The van der Waals surface area contributed by atoms with E-state index < -0.39 is 91.9 Å². The molecule has 12 unspecified atom stereocenters. The lowest BCUT2D eigenvalue weighted by molar-refractivity contribution is -0.246. The van der Waals surface area contributed by atoms with Gasteiger partial charge in [0.05, 0.1) is 30.8 Å². The van der Waals surface area contributed by atoms with Crippen molar-refractivity contribution >= 4 is 17.0 Å². The topological polar surface area (TPSA) is 269 Å². The van der Waals surface area contributed by atoms with Crippen LogP contribution in [0.4, 0.5) is 5.95 Å². The summed E-state index contributed by atoms with van der Waals surface area (Å²) in [5, 5.41) is 84.6. The monoisotopic (exact) mass is 555 g/mol. The van der Waals surface area contributed by atoms with Crippen molar-refractivity contribution in [2.24, 2.45) is 5.92 Å². The number of hydrogen-bond donors (Lipinski definition) is 11.